The van der Waals surface area contributed by atoms with Crippen LogP contribution in [-0.2, 0) is 4.79 Å². The molecule has 2 amide bonds. The summed E-state index contributed by atoms with van der Waals surface area (Å²) in [6, 6.07) is 17.5. The summed E-state index contributed by atoms with van der Waals surface area (Å²) >= 11 is 3.12. The highest BCUT2D eigenvalue weighted by molar-refractivity contribution is 14.1. The largest absolute Gasteiger partial charge is 0.493 e. The number of halogens is 1. The zero-order valence-corrected chi connectivity index (χ0v) is 21.9. The maximum atomic E-state index is 12.9. The summed E-state index contributed by atoms with van der Waals surface area (Å²) < 4.78 is 18.1. The molecule has 6 nitrogen and oxygen atoms in total. The van der Waals surface area contributed by atoms with E-state index >= 15 is 0 Å². The molecule has 0 radical (unpaired) electrons. The Kier molecular flexibility index (Phi) is 7.99. The topological polar surface area (TPSA) is 65.1 Å². The highest BCUT2D eigenvalue weighted by Gasteiger charge is 2.35. The van der Waals surface area contributed by atoms with Crippen LogP contribution < -0.4 is 14.2 Å². The molecule has 1 fully saturated rings. The molecule has 34 heavy (non-hydrogen) atoms. The highest BCUT2D eigenvalue weighted by atomic mass is 127. The van der Waals surface area contributed by atoms with Crippen LogP contribution in [0.2, 0.25) is 0 Å². The van der Waals surface area contributed by atoms with Gasteiger partial charge in [-0.05, 0) is 76.0 Å². The van der Waals surface area contributed by atoms with Gasteiger partial charge in [0.2, 0.25) is 0 Å². The van der Waals surface area contributed by atoms with Crippen molar-refractivity contribution in [3.8, 4) is 17.2 Å². The van der Waals surface area contributed by atoms with Crippen LogP contribution in [0.15, 0.2) is 59.5 Å². The van der Waals surface area contributed by atoms with Crippen LogP contribution in [0.1, 0.15) is 18.9 Å². The summed E-state index contributed by atoms with van der Waals surface area (Å²) in [6.07, 6.45) is 2.60. The Morgan fingerprint density at radius 1 is 1.00 bits per heavy atom. The molecule has 0 saturated carbocycles. The molecule has 0 N–H and O–H groups in total. The molecule has 0 atom stereocenters. The quantitative estimate of drug-likeness (QED) is 0.214. The van der Waals surface area contributed by atoms with Crippen molar-refractivity contribution in [3.05, 3.63) is 68.6 Å². The minimum absolute atomic E-state index is 0.176. The number of nitrogens with zero attached hydrogens (tertiary/aromatic N) is 1. The lowest BCUT2D eigenvalue weighted by Gasteiger charge is -2.14. The first-order chi connectivity index (χ1) is 16.5. The maximum Gasteiger partial charge on any atom is 0.293 e. The van der Waals surface area contributed by atoms with Crippen LogP contribution in [0, 0.1) is 3.57 Å². The standard InChI is InChI=1S/C26H24INO5S/c1-3-12-33-24-20(27)14-17(15-22(24)31-2)16-23-25(29)28(26(30)34-23)11-13-32-21-10-6-8-18-7-4-5-9-19(18)21/h4-10,14-16H,3,11-13H2,1-2H3/b23-16-. The Labute approximate surface area is 216 Å². The Balaban J connectivity index is 1.45. The number of carbonyl (C=O) groups excluding carboxylic acids is 2. The van der Waals surface area contributed by atoms with Gasteiger partial charge in [0.15, 0.2) is 11.5 Å². The predicted octanol–water partition coefficient (Wildman–Crippen LogP) is 6.36. The van der Waals surface area contributed by atoms with E-state index in [0.29, 0.717) is 23.0 Å². The fourth-order valence-electron chi connectivity index (χ4n) is 3.58. The summed E-state index contributed by atoms with van der Waals surface area (Å²) in [4.78, 5) is 27.0. The number of methoxy groups -OCH3 is 1. The molecular weight excluding hydrogens is 565 g/mol. The fourth-order valence-corrected chi connectivity index (χ4v) is 5.23. The van der Waals surface area contributed by atoms with Gasteiger partial charge in [0.25, 0.3) is 11.1 Å². The van der Waals surface area contributed by atoms with E-state index in [1.807, 2.05) is 61.5 Å². The van der Waals surface area contributed by atoms with Crippen LogP contribution in [0.3, 0.4) is 0 Å². The molecule has 1 aliphatic heterocycles. The monoisotopic (exact) mass is 589 g/mol. The number of ether oxygens (including phenoxy) is 3. The molecule has 1 aliphatic rings. The van der Waals surface area contributed by atoms with Crippen molar-refractivity contribution < 1.29 is 23.8 Å². The lowest BCUT2D eigenvalue weighted by molar-refractivity contribution is -0.123. The van der Waals surface area contributed by atoms with E-state index in [9.17, 15) is 9.59 Å². The zero-order chi connectivity index (χ0) is 24.1. The second-order valence-electron chi connectivity index (χ2n) is 7.54. The van der Waals surface area contributed by atoms with Crippen LogP contribution in [-0.4, -0.2) is 42.9 Å². The van der Waals surface area contributed by atoms with Gasteiger partial charge >= 0.3 is 0 Å². The third-order valence-electron chi connectivity index (χ3n) is 5.20. The van der Waals surface area contributed by atoms with E-state index in [1.165, 1.54) is 4.90 Å². The molecule has 4 rings (SSSR count). The average molecular weight is 589 g/mol. The van der Waals surface area contributed by atoms with Gasteiger partial charge < -0.3 is 14.2 Å². The lowest BCUT2D eigenvalue weighted by atomic mass is 10.1. The van der Waals surface area contributed by atoms with E-state index in [-0.39, 0.29) is 24.3 Å². The van der Waals surface area contributed by atoms with Gasteiger partial charge in [0.05, 0.1) is 28.7 Å². The fraction of sp³-hybridized carbons (Fsp3) is 0.231. The first-order valence-electron chi connectivity index (χ1n) is 10.9. The molecule has 1 heterocycles. The van der Waals surface area contributed by atoms with Crippen molar-refractivity contribution in [1.82, 2.24) is 4.90 Å². The van der Waals surface area contributed by atoms with Gasteiger partial charge in [-0.3, -0.25) is 14.5 Å². The van der Waals surface area contributed by atoms with Crippen molar-refractivity contribution in [1.29, 1.82) is 0 Å². The molecule has 0 bridgehead atoms. The normalized spacial score (nSPS) is 14.8. The summed E-state index contributed by atoms with van der Waals surface area (Å²) in [5.74, 6) is 1.68. The Bertz CT molecular complexity index is 1250. The van der Waals surface area contributed by atoms with E-state index in [1.54, 1.807) is 13.2 Å². The number of rotatable bonds is 9. The number of carbonyl (C=O) groups is 2. The van der Waals surface area contributed by atoms with Gasteiger partial charge in [0.1, 0.15) is 12.4 Å². The first-order valence-corrected chi connectivity index (χ1v) is 12.8. The SMILES string of the molecule is CCCOc1c(I)cc(/C=C2\SC(=O)N(CCOc3cccc4ccccc34)C2=O)cc1OC. The number of fused-ring (bicyclic) bond motifs is 1. The number of hydrogen-bond donors (Lipinski definition) is 0. The van der Waals surface area contributed by atoms with Crippen molar-refractivity contribution in [2.45, 2.75) is 13.3 Å². The number of benzene rings is 3. The van der Waals surface area contributed by atoms with Crippen LogP contribution in [0.4, 0.5) is 4.79 Å². The molecule has 3 aromatic carbocycles. The summed E-state index contributed by atoms with van der Waals surface area (Å²) in [7, 11) is 1.58. The van der Waals surface area contributed by atoms with Gasteiger partial charge in [-0.2, -0.15) is 0 Å². The zero-order valence-electron chi connectivity index (χ0n) is 18.9. The Morgan fingerprint density at radius 2 is 1.79 bits per heavy atom. The van der Waals surface area contributed by atoms with Crippen molar-refractivity contribution >= 4 is 62.3 Å². The van der Waals surface area contributed by atoms with Crippen molar-refractivity contribution in [2.75, 3.05) is 26.9 Å². The Morgan fingerprint density at radius 3 is 2.59 bits per heavy atom. The maximum absolute atomic E-state index is 12.9. The highest BCUT2D eigenvalue weighted by Crippen LogP contribution is 2.37. The van der Waals surface area contributed by atoms with Crippen LogP contribution in [0.25, 0.3) is 16.8 Å². The predicted molar refractivity (Wildman–Crippen MR) is 144 cm³/mol. The molecule has 0 spiro atoms. The molecule has 0 aliphatic carbocycles. The van der Waals surface area contributed by atoms with Crippen molar-refractivity contribution in [2.24, 2.45) is 0 Å². The molecule has 0 unspecified atom stereocenters. The molecule has 176 valence electrons. The van der Waals surface area contributed by atoms with E-state index < -0.39 is 0 Å². The molecule has 0 aromatic heterocycles. The van der Waals surface area contributed by atoms with Gasteiger partial charge in [-0.1, -0.05) is 43.3 Å². The first kappa shape index (κ1) is 24.4. The Hall–Kier alpha value is -2.72. The lowest BCUT2D eigenvalue weighted by Crippen LogP contribution is -2.32. The van der Waals surface area contributed by atoms with Crippen LogP contribution >= 0.6 is 34.4 Å². The molecular formula is C26H24INO5S. The molecule has 8 heteroatoms. The minimum atomic E-state index is -0.322. The van der Waals surface area contributed by atoms with E-state index in [0.717, 1.165) is 43.8 Å². The average Bonchev–Trinajstić information content (AvgIpc) is 3.10. The minimum Gasteiger partial charge on any atom is -0.493 e. The summed E-state index contributed by atoms with van der Waals surface area (Å²) in [6.45, 7) is 3.02. The van der Waals surface area contributed by atoms with Crippen molar-refractivity contribution in [3.63, 3.8) is 0 Å². The van der Waals surface area contributed by atoms with E-state index in [2.05, 4.69) is 22.6 Å². The number of hydrogen-bond acceptors (Lipinski definition) is 6. The third kappa shape index (κ3) is 5.33. The van der Waals surface area contributed by atoms with E-state index in [4.69, 9.17) is 14.2 Å². The van der Waals surface area contributed by atoms with Gasteiger partial charge in [-0.15, -0.1) is 0 Å². The van der Waals surface area contributed by atoms with Gasteiger partial charge in [-0.25, -0.2) is 0 Å². The molecule has 1 saturated heterocycles. The second-order valence-corrected chi connectivity index (χ2v) is 9.70. The summed E-state index contributed by atoms with van der Waals surface area (Å²) in [5, 5.41) is 1.77. The van der Waals surface area contributed by atoms with Gasteiger partial charge in [0, 0.05) is 5.39 Å². The third-order valence-corrected chi connectivity index (χ3v) is 6.90. The number of amides is 2. The molecule has 3 aromatic rings. The summed E-state index contributed by atoms with van der Waals surface area (Å²) in [5.41, 5.74) is 0.766. The number of thioether (sulfide) groups is 1. The smallest absolute Gasteiger partial charge is 0.293 e. The van der Waals surface area contributed by atoms with Crippen LogP contribution in [0.5, 0.6) is 17.2 Å². The number of imide groups is 1. The second kappa shape index (κ2) is 11.1.